The zero-order chi connectivity index (χ0) is 16.0. The van der Waals surface area contributed by atoms with Crippen molar-refractivity contribution in [2.45, 2.75) is 44.8 Å². The lowest BCUT2D eigenvalue weighted by atomic mass is 10.2. The summed E-state index contributed by atoms with van der Waals surface area (Å²) in [5.41, 5.74) is 0. The van der Waals surface area contributed by atoms with E-state index in [1.165, 1.54) is 0 Å². The van der Waals surface area contributed by atoms with Crippen LogP contribution in [0.3, 0.4) is 0 Å². The smallest absolute Gasteiger partial charge is 0.313 e. The van der Waals surface area contributed by atoms with Gasteiger partial charge in [-0.25, -0.2) is 0 Å². The molecule has 0 aliphatic carbocycles. The van der Waals surface area contributed by atoms with Crippen LogP contribution >= 0.6 is 11.8 Å². The van der Waals surface area contributed by atoms with Gasteiger partial charge in [0.2, 0.25) is 5.91 Å². The molecule has 0 aliphatic heterocycles. The Kier molecular flexibility index (Phi) is 6.67. The Morgan fingerprint density at radius 3 is 2.57 bits per heavy atom. The van der Waals surface area contributed by atoms with Gasteiger partial charge in [0.15, 0.2) is 5.16 Å². The molecule has 0 spiro atoms. The third-order valence-corrected chi connectivity index (χ3v) is 4.06. The van der Waals surface area contributed by atoms with E-state index in [4.69, 9.17) is 5.11 Å². The van der Waals surface area contributed by atoms with Crippen molar-refractivity contribution in [1.29, 1.82) is 0 Å². The summed E-state index contributed by atoms with van der Waals surface area (Å²) in [4.78, 5) is 24.7. The molecule has 0 radical (unpaired) electrons. The predicted molar refractivity (Wildman–Crippen MR) is 80.4 cm³/mol. The number of likely N-dealkylation sites (N-methyl/N-ethyl adjacent to an activating group) is 1. The molecule has 1 unspecified atom stereocenters. The molecule has 1 amide bonds. The van der Waals surface area contributed by atoms with Crippen LogP contribution in [0.25, 0.3) is 0 Å². The molecule has 21 heavy (non-hydrogen) atoms. The van der Waals surface area contributed by atoms with E-state index in [0.717, 1.165) is 24.0 Å². The van der Waals surface area contributed by atoms with Gasteiger partial charge in [0.1, 0.15) is 11.9 Å². The summed E-state index contributed by atoms with van der Waals surface area (Å²) in [5, 5.41) is 17.4. The second-order valence-corrected chi connectivity index (χ2v) is 5.67. The fourth-order valence-electron chi connectivity index (χ4n) is 1.90. The number of thioether (sulfide) groups is 1. The van der Waals surface area contributed by atoms with E-state index < -0.39 is 12.0 Å². The summed E-state index contributed by atoms with van der Waals surface area (Å²) in [6.07, 6.45) is 1.58. The molecular formula is C13H22N4O3S. The molecule has 0 bridgehead atoms. The first-order chi connectivity index (χ1) is 9.92. The van der Waals surface area contributed by atoms with Gasteiger partial charge in [-0.05, 0) is 20.3 Å². The molecular weight excluding hydrogens is 292 g/mol. The molecule has 1 N–H and O–H groups in total. The number of aryl methyl sites for hydroxylation is 1. The highest BCUT2D eigenvalue weighted by molar-refractivity contribution is 7.99. The van der Waals surface area contributed by atoms with Crippen molar-refractivity contribution in [2.24, 2.45) is 0 Å². The molecule has 0 aromatic carbocycles. The van der Waals surface area contributed by atoms with E-state index >= 15 is 0 Å². The number of carbonyl (C=O) groups excluding carboxylic acids is 1. The molecule has 7 nitrogen and oxygen atoms in total. The SMILES string of the molecule is CCCc1nnc(SCC(=O)O)n1C(C)C(=O)N(C)CC. The van der Waals surface area contributed by atoms with Crippen molar-refractivity contribution in [3.63, 3.8) is 0 Å². The number of amides is 1. The topological polar surface area (TPSA) is 88.3 Å². The Bertz CT molecular complexity index is 504. The van der Waals surface area contributed by atoms with Gasteiger partial charge in [0, 0.05) is 20.0 Å². The number of carboxylic acid groups (broad SMARTS) is 1. The zero-order valence-electron chi connectivity index (χ0n) is 12.9. The molecule has 0 saturated carbocycles. The molecule has 0 fully saturated rings. The van der Waals surface area contributed by atoms with Crippen LogP contribution in [0.2, 0.25) is 0 Å². The second kappa shape index (κ2) is 8.02. The number of hydrogen-bond acceptors (Lipinski definition) is 5. The quantitative estimate of drug-likeness (QED) is 0.731. The first kappa shape index (κ1) is 17.5. The maximum absolute atomic E-state index is 12.3. The van der Waals surface area contributed by atoms with Crippen LogP contribution in [0.1, 0.15) is 39.1 Å². The van der Waals surface area contributed by atoms with Crippen molar-refractivity contribution < 1.29 is 14.7 Å². The highest BCUT2D eigenvalue weighted by Crippen LogP contribution is 2.23. The standard InChI is InChI=1S/C13H22N4O3S/c1-5-7-10-14-15-13(21-8-11(18)19)17(10)9(3)12(20)16(4)6-2/h9H,5-8H2,1-4H3,(H,18,19). The number of aromatic nitrogens is 3. The minimum absolute atomic E-state index is 0.0353. The molecule has 8 heteroatoms. The summed E-state index contributed by atoms with van der Waals surface area (Å²) in [5.74, 6) is -0.340. The third kappa shape index (κ3) is 4.45. The zero-order valence-corrected chi connectivity index (χ0v) is 13.7. The Hall–Kier alpha value is -1.57. The van der Waals surface area contributed by atoms with Gasteiger partial charge >= 0.3 is 5.97 Å². The van der Waals surface area contributed by atoms with E-state index in [2.05, 4.69) is 10.2 Å². The van der Waals surface area contributed by atoms with Crippen molar-refractivity contribution >= 4 is 23.6 Å². The average molecular weight is 314 g/mol. The lowest BCUT2D eigenvalue weighted by Gasteiger charge is -2.22. The molecule has 1 atom stereocenters. The number of aliphatic carboxylic acids is 1. The van der Waals surface area contributed by atoms with E-state index in [0.29, 0.717) is 18.1 Å². The fourth-order valence-corrected chi connectivity index (χ4v) is 2.65. The summed E-state index contributed by atoms with van der Waals surface area (Å²) in [6.45, 7) is 6.34. The van der Waals surface area contributed by atoms with Crippen LogP contribution in [0.4, 0.5) is 0 Å². The van der Waals surface area contributed by atoms with Crippen molar-refractivity contribution in [3.8, 4) is 0 Å². The van der Waals surface area contributed by atoms with Crippen molar-refractivity contribution in [3.05, 3.63) is 5.82 Å². The van der Waals surface area contributed by atoms with Crippen molar-refractivity contribution in [1.82, 2.24) is 19.7 Å². The van der Waals surface area contributed by atoms with Gasteiger partial charge in [0.05, 0.1) is 5.75 Å². The Labute approximate surface area is 128 Å². The van der Waals surface area contributed by atoms with Crippen LogP contribution in [-0.2, 0) is 16.0 Å². The van der Waals surface area contributed by atoms with Gasteiger partial charge in [-0.2, -0.15) is 0 Å². The van der Waals surface area contributed by atoms with E-state index in [1.54, 1.807) is 23.4 Å². The normalized spacial score (nSPS) is 12.2. The third-order valence-electron chi connectivity index (χ3n) is 3.13. The highest BCUT2D eigenvalue weighted by atomic mass is 32.2. The van der Waals surface area contributed by atoms with Crippen molar-refractivity contribution in [2.75, 3.05) is 19.3 Å². The number of carbonyl (C=O) groups is 2. The second-order valence-electron chi connectivity index (χ2n) is 4.73. The number of rotatable bonds is 8. The average Bonchev–Trinajstić information content (AvgIpc) is 2.85. The lowest BCUT2D eigenvalue weighted by Crippen LogP contribution is -2.33. The van der Waals surface area contributed by atoms with Crippen LogP contribution < -0.4 is 0 Å². The van der Waals surface area contributed by atoms with Crippen LogP contribution in [0.15, 0.2) is 5.16 Å². The molecule has 0 aliphatic rings. The van der Waals surface area contributed by atoms with E-state index in [9.17, 15) is 9.59 Å². The minimum atomic E-state index is -0.920. The lowest BCUT2D eigenvalue weighted by molar-refractivity contribution is -0.134. The van der Waals surface area contributed by atoms with Gasteiger partial charge in [-0.3, -0.25) is 14.2 Å². The Morgan fingerprint density at radius 1 is 1.38 bits per heavy atom. The van der Waals surface area contributed by atoms with Crippen LogP contribution in [0, 0.1) is 0 Å². The predicted octanol–water partition coefficient (Wildman–Crippen LogP) is 1.45. The molecule has 1 heterocycles. The summed E-state index contributed by atoms with van der Waals surface area (Å²) >= 11 is 1.09. The first-order valence-electron chi connectivity index (χ1n) is 6.95. The maximum atomic E-state index is 12.3. The maximum Gasteiger partial charge on any atom is 0.313 e. The molecule has 1 aromatic rings. The van der Waals surface area contributed by atoms with Crippen LogP contribution in [0.5, 0.6) is 0 Å². The summed E-state index contributed by atoms with van der Waals surface area (Å²) in [7, 11) is 1.74. The highest BCUT2D eigenvalue weighted by Gasteiger charge is 2.25. The van der Waals surface area contributed by atoms with Gasteiger partial charge in [-0.15, -0.1) is 10.2 Å². The molecule has 0 saturated heterocycles. The largest absolute Gasteiger partial charge is 0.481 e. The fraction of sp³-hybridized carbons (Fsp3) is 0.692. The van der Waals surface area contributed by atoms with Gasteiger partial charge in [-0.1, -0.05) is 18.7 Å². The molecule has 118 valence electrons. The first-order valence-corrected chi connectivity index (χ1v) is 7.94. The Balaban J connectivity index is 3.07. The van der Waals surface area contributed by atoms with Gasteiger partial charge in [0.25, 0.3) is 0 Å². The number of carboxylic acids is 1. The number of nitrogens with zero attached hydrogens (tertiary/aromatic N) is 4. The Morgan fingerprint density at radius 2 is 2.05 bits per heavy atom. The van der Waals surface area contributed by atoms with Crippen LogP contribution in [-0.4, -0.2) is 56.0 Å². The number of hydrogen-bond donors (Lipinski definition) is 1. The monoisotopic (exact) mass is 314 g/mol. The van der Waals surface area contributed by atoms with E-state index in [-0.39, 0.29) is 11.7 Å². The molecule has 1 aromatic heterocycles. The summed E-state index contributed by atoms with van der Waals surface area (Å²) in [6, 6.07) is -0.442. The minimum Gasteiger partial charge on any atom is -0.481 e. The van der Waals surface area contributed by atoms with Gasteiger partial charge < -0.3 is 10.0 Å². The summed E-state index contributed by atoms with van der Waals surface area (Å²) < 4.78 is 1.76. The van der Waals surface area contributed by atoms with E-state index in [1.807, 2.05) is 13.8 Å². The molecule has 1 rings (SSSR count).